The van der Waals surface area contributed by atoms with Gasteiger partial charge in [0.05, 0.1) is 0 Å². The van der Waals surface area contributed by atoms with Crippen LogP contribution in [0, 0.1) is 26.7 Å². The smallest absolute Gasteiger partial charge is 0.150 e. The highest BCUT2D eigenvalue weighted by Crippen LogP contribution is 2.44. The molecule has 0 saturated heterocycles. The van der Waals surface area contributed by atoms with Gasteiger partial charge in [-0.05, 0) is 71.7 Å². The van der Waals surface area contributed by atoms with E-state index in [0.717, 1.165) is 45.1 Å². The molecule has 1 heterocycles. The van der Waals surface area contributed by atoms with Crippen LogP contribution in [0.1, 0.15) is 69.1 Å². The first-order valence-electron chi connectivity index (χ1n) is 11.9. The molecular formula is C31H31NO3. The highest BCUT2D eigenvalue weighted by molar-refractivity contribution is 5.91. The van der Waals surface area contributed by atoms with Gasteiger partial charge in [-0.2, -0.15) is 0 Å². The number of aryl methyl sites for hydroxylation is 2. The SMILES string of the molecule is Cc1cc(C(c2ccccc2C=O)c2cc(C)c(O)c3ncccc23)c(/C=C\C(C)C)c(C)c1O. The number of pyridine rings is 1. The number of phenolic OH excluding ortho intramolecular Hbond substituents is 2. The molecule has 0 amide bonds. The zero-order chi connectivity index (χ0) is 25.3. The number of allylic oxidation sites excluding steroid dienone is 1. The second-order valence-electron chi connectivity index (χ2n) is 9.48. The molecule has 1 unspecified atom stereocenters. The van der Waals surface area contributed by atoms with Crippen LogP contribution >= 0.6 is 0 Å². The molecule has 4 aromatic rings. The van der Waals surface area contributed by atoms with Gasteiger partial charge >= 0.3 is 0 Å². The van der Waals surface area contributed by atoms with E-state index >= 15 is 0 Å². The third kappa shape index (κ3) is 4.44. The van der Waals surface area contributed by atoms with E-state index in [-0.39, 0.29) is 17.4 Å². The number of hydrogen-bond donors (Lipinski definition) is 2. The summed E-state index contributed by atoms with van der Waals surface area (Å²) in [6.45, 7) is 9.91. The second-order valence-corrected chi connectivity index (χ2v) is 9.48. The van der Waals surface area contributed by atoms with Crippen LogP contribution in [0.15, 0.2) is 60.8 Å². The first-order chi connectivity index (χ1) is 16.7. The molecule has 4 rings (SSSR count). The van der Waals surface area contributed by atoms with E-state index in [0.29, 0.717) is 22.6 Å². The Labute approximate surface area is 206 Å². The number of aldehydes is 1. The molecule has 4 heteroatoms. The van der Waals surface area contributed by atoms with Crippen LogP contribution in [0.4, 0.5) is 0 Å². The van der Waals surface area contributed by atoms with Crippen LogP contribution in [0.2, 0.25) is 0 Å². The number of benzene rings is 3. The van der Waals surface area contributed by atoms with Crippen molar-refractivity contribution in [1.82, 2.24) is 4.98 Å². The van der Waals surface area contributed by atoms with Crippen molar-refractivity contribution in [2.45, 2.75) is 40.5 Å². The Bertz CT molecular complexity index is 1450. The molecule has 0 spiro atoms. The normalized spacial score (nSPS) is 12.5. The van der Waals surface area contributed by atoms with E-state index in [9.17, 15) is 15.0 Å². The topological polar surface area (TPSA) is 70.4 Å². The summed E-state index contributed by atoms with van der Waals surface area (Å²) in [7, 11) is 0. The van der Waals surface area contributed by atoms with E-state index in [1.165, 1.54) is 0 Å². The van der Waals surface area contributed by atoms with Crippen molar-refractivity contribution in [3.63, 3.8) is 0 Å². The van der Waals surface area contributed by atoms with Gasteiger partial charge in [-0.3, -0.25) is 9.78 Å². The molecule has 1 atom stereocenters. The molecule has 0 aliphatic carbocycles. The van der Waals surface area contributed by atoms with Crippen LogP contribution < -0.4 is 0 Å². The fraction of sp³-hybridized carbons (Fsp3) is 0.226. The van der Waals surface area contributed by atoms with Gasteiger partial charge in [0.2, 0.25) is 0 Å². The summed E-state index contributed by atoms with van der Waals surface area (Å²) in [5, 5.41) is 22.4. The van der Waals surface area contributed by atoms with Crippen LogP contribution in [0.5, 0.6) is 11.5 Å². The van der Waals surface area contributed by atoms with Crippen LogP contribution in [0.25, 0.3) is 17.0 Å². The van der Waals surface area contributed by atoms with Crippen LogP contribution in [0.3, 0.4) is 0 Å². The van der Waals surface area contributed by atoms with Gasteiger partial charge < -0.3 is 10.2 Å². The van der Waals surface area contributed by atoms with E-state index < -0.39 is 0 Å². The summed E-state index contributed by atoms with van der Waals surface area (Å²) >= 11 is 0. The minimum absolute atomic E-state index is 0.157. The molecular weight excluding hydrogens is 434 g/mol. The second kappa shape index (κ2) is 9.75. The lowest BCUT2D eigenvalue weighted by atomic mass is 9.77. The maximum absolute atomic E-state index is 12.2. The summed E-state index contributed by atoms with van der Waals surface area (Å²) in [5.74, 6) is 0.428. The maximum Gasteiger partial charge on any atom is 0.150 e. The van der Waals surface area contributed by atoms with Crippen molar-refractivity contribution < 1.29 is 15.0 Å². The van der Waals surface area contributed by atoms with Crippen molar-refractivity contribution in [3.8, 4) is 11.5 Å². The van der Waals surface area contributed by atoms with Gasteiger partial charge in [-0.1, -0.05) is 68.5 Å². The number of rotatable bonds is 6. The molecule has 35 heavy (non-hydrogen) atoms. The number of hydrogen-bond acceptors (Lipinski definition) is 4. The maximum atomic E-state index is 12.2. The first kappa shape index (κ1) is 24.2. The van der Waals surface area contributed by atoms with E-state index in [4.69, 9.17) is 0 Å². The molecule has 0 aliphatic heterocycles. The molecule has 0 aliphatic rings. The van der Waals surface area contributed by atoms with Gasteiger partial charge in [0.15, 0.2) is 0 Å². The zero-order valence-corrected chi connectivity index (χ0v) is 20.8. The fourth-order valence-corrected chi connectivity index (χ4v) is 4.78. The predicted molar refractivity (Wildman–Crippen MR) is 142 cm³/mol. The highest BCUT2D eigenvalue weighted by Gasteiger charge is 2.27. The first-order valence-corrected chi connectivity index (χ1v) is 11.9. The number of carbonyl (C=O) groups is 1. The Morgan fingerprint density at radius 2 is 1.54 bits per heavy atom. The minimum atomic E-state index is -0.327. The Morgan fingerprint density at radius 3 is 2.26 bits per heavy atom. The number of aromatic nitrogens is 1. The van der Waals surface area contributed by atoms with Crippen molar-refractivity contribution in [2.24, 2.45) is 5.92 Å². The number of carbonyl (C=O) groups excluding carboxylic acids is 1. The van der Waals surface area contributed by atoms with Crippen LogP contribution in [-0.2, 0) is 0 Å². The molecule has 0 bridgehead atoms. The van der Waals surface area contributed by atoms with E-state index in [1.807, 2.05) is 69.3 Å². The summed E-state index contributed by atoms with van der Waals surface area (Å²) in [6.07, 6.45) is 6.74. The quantitative estimate of drug-likeness (QED) is 0.233. The van der Waals surface area contributed by atoms with Gasteiger partial charge in [0.25, 0.3) is 0 Å². The molecule has 0 saturated carbocycles. The van der Waals surface area contributed by atoms with Gasteiger partial charge in [0.1, 0.15) is 23.3 Å². The number of nitrogens with zero attached hydrogens (tertiary/aromatic N) is 1. The predicted octanol–water partition coefficient (Wildman–Crippen LogP) is 7.23. The lowest BCUT2D eigenvalue weighted by Gasteiger charge is -2.26. The third-order valence-corrected chi connectivity index (χ3v) is 6.61. The monoisotopic (exact) mass is 465 g/mol. The molecule has 4 nitrogen and oxygen atoms in total. The van der Waals surface area contributed by atoms with E-state index in [1.54, 1.807) is 6.20 Å². The Balaban J connectivity index is 2.18. The average molecular weight is 466 g/mol. The standard InChI is InChI=1S/C31H31NO3/c1-18(2)12-13-23-21(5)30(34)19(3)15-26(23)28(24-10-7-6-9-22(24)17-33)27-16-20(4)31(35)29-25(27)11-8-14-32-29/h6-18,28,34-35H,1-5H3/b13-12-. The van der Waals surface area contributed by atoms with Gasteiger partial charge in [-0.15, -0.1) is 0 Å². The van der Waals surface area contributed by atoms with E-state index in [2.05, 4.69) is 31.0 Å². The Kier molecular flexibility index (Phi) is 6.74. The van der Waals surface area contributed by atoms with Gasteiger partial charge in [-0.25, -0.2) is 0 Å². The van der Waals surface area contributed by atoms with Crippen molar-refractivity contribution in [2.75, 3.05) is 0 Å². The lowest BCUT2D eigenvalue weighted by Crippen LogP contribution is -2.11. The Morgan fingerprint density at radius 1 is 0.857 bits per heavy atom. The van der Waals surface area contributed by atoms with Crippen LogP contribution in [-0.4, -0.2) is 21.5 Å². The number of aromatic hydroxyl groups is 2. The van der Waals surface area contributed by atoms with Gasteiger partial charge in [0, 0.05) is 23.1 Å². The summed E-state index contributed by atoms with van der Waals surface area (Å²) in [6, 6.07) is 15.4. The molecule has 3 aromatic carbocycles. The summed E-state index contributed by atoms with van der Waals surface area (Å²) < 4.78 is 0. The zero-order valence-electron chi connectivity index (χ0n) is 20.8. The molecule has 0 radical (unpaired) electrons. The number of phenols is 2. The number of fused-ring (bicyclic) bond motifs is 1. The summed E-state index contributed by atoms with van der Waals surface area (Å²) in [5.41, 5.74) is 7.13. The highest BCUT2D eigenvalue weighted by atomic mass is 16.3. The molecule has 2 N–H and O–H groups in total. The molecule has 1 aromatic heterocycles. The van der Waals surface area contributed by atoms with Crippen molar-refractivity contribution >= 4 is 23.3 Å². The fourth-order valence-electron chi connectivity index (χ4n) is 4.78. The minimum Gasteiger partial charge on any atom is -0.507 e. The lowest BCUT2D eigenvalue weighted by molar-refractivity contribution is 0.112. The van der Waals surface area contributed by atoms with Crippen molar-refractivity contribution in [3.05, 3.63) is 105 Å². The molecule has 178 valence electrons. The largest absolute Gasteiger partial charge is 0.507 e. The Hall–Kier alpha value is -3.92. The van der Waals surface area contributed by atoms with Crippen molar-refractivity contribution in [1.29, 1.82) is 0 Å². The summed E-state index contributed by atoms with van der Waals surface area (Å²) in [4.78, 5) is 16.6. The average Bonchev–Trinajstić information content (AvgIpc) is 2.85. The molecule has 0 fully saturated rings. The third-order valence-electron chi connectivity index (χ3n) is 6.61.